The van der Waals surface area contributed by atoms with Crippen molar-refractivity contribution in [3.8, 4) is 11.5 Å². The molecule has 2 N–H and O–H groups in total. The van der Waals surface area contributed by atoms with Crippen LogP contribution in [0.25, 0.3) is 0 Å². The van der Waals surface area contributed by atoms with Crippen molar-refractivity contribution >= 4 is 29.0 Å². The molecular formula is C21H20ClN3O3. The van der Waals surface area contributed by atoms with Crippen LogP contribution in [0.2, 0.25) is 5.02 Å². The molecule has 6 nitrogen and oxygen atoms in total. The molecular weight excluding hydrogens is 378 g/mol. The Labute approximate surface area is 168 Å². The van der Waals surface area contributed by atoms with Gasteiger partial charge in [-0.1, -0.05) is 29.8 Å². The Morgan fingerprint density at radius 3 is 2.50 bits per heavy atom. The number of hydrogen-bond acceptors (Lipinski definition) is 5. The molecule has 7 heteroatoms. The van der Waals surface area contributed by atoms with Gasteiger partial charge >= 0.3 is 0 Å². The van der Waals surface area contributed by atoms with E-state index >= 15 is 0 Å². The molecule has 0 unspecified atom stereocenters. The van der Waals surface area contributed by atoms with Gasteiger partial charge in [-0.25, -0.2) is 4.98 Å². The molecule has 2 aromatic carbocycles. The highest BCUT2D eigenvalue weighted by Crippen LogP contribution is 2.27. The van der Waals surface area contributed by atoms with Gasteiger partial charge in [-0.3, -0.25) is 4.79 Å². The summed E-state index contributed by atoms with van der Waals surface area (Å²) < 4.78 is 10.5. The van der Waals surface area contributed by atoms with Crippen molar-refractivity contribution in [2.24, 2.45) is 0 Å². The number of methoxy groups -OCH3 is 2. The number of nitrogens with one attached hydrogen (secondary N) is 2. The van der Waals surface area contributed by atoms with Crippen LogP contribution >= 0.6 is 11.6 Å². The summed E-state index contributed by atoms with van der Waals surface area (Å²) in [4.78, 5) is 16.6. The van der Waals surface area contributed by atoms with E-state index in [4.69, 9.17) is 21.1 Å². The molecule has 3 aromatic rings. The molecule has 1 amide bonds. The summed E-state index contributed by atoms with van der Waals surface area (Å²) in [6.07, 6.45) is 1.52. The highest BCUT2D eigenvalue weighted by molar-refractivity contribution is 6.33. The Hall–Kier alpha value is -3.25. The largest absolute Gasteiger partial charge is 0.493 e. The van der Waals surface area contributed by atoms with E-state index in [2.05, 4.69) is 15.6 Å². The van der Waals surface area contributed by atoms with Crippen LogP contribution in [0.4, 0.5) is 11.5 Å². The van der Waals surface area contributed by atoms with Crippen LogP contribution in [0.5, 0.6) is 11.5 Å². The van der Waals surface area contributed by atoms with Crippen LogP contribution in [-0.4, -0.2) is 25.1 Å². The number of hydrogen-bond donors (Lipinski definition) is 2. The Morgan fingerprint density at radius 2 is 1.82 bits per heavy atom. The number of rotatable bonds is 7. The number of halogens is 1. The summed E-state index contributed by atoms with van der Waals surface area (Å²) in [6.45, 7) is 0.360. The number of benzene rings is 2. The van der Waals surface area contributed by atoms with Crippen molar-refractivity contribution in [1.29, 1.82) is 0 Å². The normalized spacial score (nSPS) is 10.2. The van der Waals surface area contributed by atoms with Crippen LogP contribution < -0.4 is 20.1 Å². The van der Waals surface area contributed by atoms with Crippen LogP contribution in [0.15, 0.2) is 60.8 Å². The van der Waals surface area contributed by atoms with Crippen LogP contribution in [0.3, 0.4) is 0 Å². The third-order valence-electron chi connectivity index (χ3n) is 4.06. The molecule has 3 rings (SSSR count). The first-order valence-corrected chi connectivity index (χ1v) is 8.95. The fraction of sp³-hybridized carbons (Fsp3) is 0.143. The zero-order chi connectivity index (χ0) is 19.9. The molecule has 0 radical (unpaired) electrons. The molecule has 0 spiro atoms. The predicted molar refractivity (Wildman–Crippen MR) is 110 cm³/mol. The number of amides is 1. The minimum atomic E-state index is -0.216. The lowest BCUT2D eigenvalue weighted by Crippen LogP contribution is -2.23. The molecule has 0 aliphatic heterocycles. The molecule has 0 bridgehead atoms. The minimum Gasteiger partial charge on any atom is -0.493 e. The topological polar surface area (TPSA) is 72.5 Å². The molecule has 1 aromatic heterocycles. The number of pyridine rings is 1. The number of carbonyl (C=O) groups excluding carboxylic acids is 1. The molecule has 0 saturated carbocycles. The highest BCUT2D eigenvalue weighted by atomic mass is 35.5. The van der Waals surface area contributed by atoms with Gasteiger partial charge in [0, 0.05) is 12.7 Å². The van der Waals surface area contributed by atoms with Crippen molar-refractivity contribution in [3.05, 3.63) is 76.9 Å². The first-order chi connectivity index (χ1) is 13.6. The third kappa shape index (κ3) is 4.72. The maximum Gasteiger partial charge on any atom is 0.253 e. The van der Waals surface area contributed by atoms with Gasteiger partial charge in [0.2, 0.25) is 0 Å². The molecule has 0 aliphatic carbocycles. The van der Waals surface area contributed by atoms with Crippen molar-refractivity contribution in [3.63, 3.8) is 0 Å². The van der Waals surface area contributed by atoms with Gasteiger partial charge in [0.15, 0.2) is 11.5 Å². The first kappa shape index (κ1) is 19.5. The van der Waals surface area contributed by atoms with Gasteiger partial charge in [0.25, 0.3) is 5.91 Å². The van der Waals surface area contributed by atoms with E-state index in [0.29, 0.717) is 34.4 Å². The summed E-state index contributed by atoms with van der Waals surface area (Å²) in [7, 11) is 3.15. The van der Waals surface area contributed by atoms with Crippen molar-refractivity contribution in [1.82, 2.24) is 10.3 Å². The number of aromatic nitrogens is 1. The second-order valence-electron chi connectivity index (χ2n) is 5.91. The summed E-state index contributed by atoms with van der Waals surface area (Å²) in [5.74, 6) is 1.64. The van der Waals surface area contributed by atoms with Gasteiger partial charge in [-0.2, -0.15) is 0 Å². The van der Waals surface area contributed by atoms with Crippen LogP contribution in [-0.2, 0) is 6.54 Å². The first-order valence-electron chi connectivity index (χ1n) is 8.57. The molecule has 0 fully saturated rings. The molecule has 144 valence electrons. The van der Waals surface area contributed by atoms with Gasteiger partial charge in [-0.05, 0) is 42.0 Å². The molecule has 0 atom stereocenters. The van der Waals surface area contributed by atoms with E-state index in [1.807, 2.05) is 30.3 Å². The summed E-state index contributed by atoms with van der Waals surface area (Å²) >= 11 is 6.12. The lowest BCUT2D eigenvalue weighted by Gasteiger charge is -2.11. The fourth-order valence-electron chi connectivity index (χ4n) is 2.58. The standard InChI is InChI=1S/C21H20ClN3O3/c1-27-18-9-7-14(11-19(18)28-2)12-24-21(26)15-8-10-20(23-13-15)25-17-6-4-3-5-16(17)22/h3-11,13H,12H2,1-2H3,(H,23,25)(H,24,26). The SMILES string of the molecule is COc1ccc(CNC(=O)c2ccc(Nc3ccccc3Cl)nc2)cc1OC. The van der Waals surface area contributed by atoms with Crippen LogP contribution in [0.1, 0.15) is 15.9 Å². The summed E-state index contributed by atoms with van der Waals surface area (Å²) in [5.41, 5.74) is 2.11. The van der Waals surface area contributed by atoms with Crippen molar-refractivity contribution < 1.29 is 14.3 Å². The Balaban J connectivity index is 1.61. The lowest BCUT2D eigenvalue weighted by molar-refractivity contribution is 0.0950. The Bertz CT molecular complexity index is 961. The molecule has 0 aliphatic rings. The van der Waals surface area contributed by atoms with Gasteiger partial charge in [-0.15, -0.1) is 0 Å². The minimum absolute atomic E-state index is 0.216. The number of carbonyl (C=O) groups is 1. The Morgan fingerprint density at radius 1 is 1.04 bits per heavy atom. The van der Waals surface area contributed by atoms with Gasteiger partial charge in [0.05, 0.1) is 30.5 Å². The number of nitrogens with zero attached hydrogens (tertiary/aromatic N) is 1. The van der Waals surface area contributed by atoms with E-state index in [1.165, 1.54) is 6.20 Å². The van der Waals surface area contributed by atoms with Crippen molar-refractivity contribution in [2.45, 2.75) is 6.54 Å². The molecule has 0 saturated heterocycles. The van der Waals surface area contributed by atoms with Crippen molar-refractivity contribution in [2.75, 3.05) is 19.5 Å². The van der Waals surface area contributed by atoms with E-state index < -0.39 is 0 Å². The average Bonchev–Trinajstić information content (AvgIpc) is 2.74. The maximum atomic E-state index is 12.4. The van der Waals surface area contributed by atoms with E-state index in [9.17, 15) is 4.79 Å². The van der Waals surface area contributed by atoms with Gasteiger partial charge in [0.1, 0.15) is 5.82 Å². The number of ether oxygens (including phenoxy) is 2. The average molecular weight is 398 g/mol. The van der Waals surface area contributed by atoms with E-state index in [0.717, 1.165) is 11.3 Å². The lowest BCUT2D eigenvalue weighted by atomic mass is 10.2. The van der Waals surface area contributed by atoms with E-state index in [1.54, 1.807) is 38.5 Å². The van der Waals surface area contributed by atoms with Crippen LogP contribution in [0, 0.1) is 0 Å². The maximum absolute atomic E-state index is 12.4. The quantitative estimate of drug-likeness (QED) is 0.617. The van der Waals surface area contributed by atoms with E-state index in [-0.39, 0.29) is 5.91 Å². The van der Waals surface area contributed by atoms with Gasteiger partial charge < -0.3 is 20.1 Å². The summed E-state index contributed by atoms with van der Waals surface area (Å²) in [5, 5.41) is 6.58. The smallest absolute Gasteiger partial charge is 0.253 e. The highest BCUT2D eigenvalue weighted by Gasteiger charge is 2.09. The predicted octanol–water partition coefficient (Wildman–Crippen LogP) is 4.43. The monoisotopic (exact) mass is 397 g/mol. The molecule has 28 heavy (non-hydrogen) atoms. The third-order valence-corrected chi connectivity index (χ3v) is 4.39. The second kappa shape index (κ2) is 9.10. The molecule has 1 heterocycles. The zero-order valence-electron chi connectivity index (χ0n) is 15.5. The fourth-order valence-corrected chi connectivity index (χ4v) is 2.76. The number of para-hydroxylation sites is 1. The zero-order valence-corrected chi connectivity index (χ0v) is 16.3. The second-order valence-corrected chi connectivity index (χ2v) is 6.32. The summed E-state index contributed by atoms with van der Waals surface area (Å²) in [6, 6.07) is 16.3. The number of anilines is 2. The Kier molecular flexibility index (Phi) is 6.34.